The highest BCUT2D eigenvalue weighted by Crippen LogP contribution is 2.56. The SMILES string of the molecule is COc1cc([C@@H]2c3cc4c(cc3[C@@H](NC(=O)CCCCNCCCCNCCCN)[C@H]3COC(O)[C@H]23)OCO4)cc(OC)c1O. The summed E-state index contributed by atoms with van der Waals surface area (Å²) in [4.78, 5) is 13.3. The number of fused-ring (bicyclic) bond motifs is 3. The highest BCUT2D eigenvalue weighted by molar-refractivity contribution is 5.77. The summed E-state index contributed by atoms with van der Waals surface area (Å²) in [6.45, 7) is 4.93. The van der Waals surface area contributed by atoms with Gasteiger partial charge in [0, 0.05) is 24.2 Å². The Bertz CT molecular complexity index is 1270. The molecule has 2 heterocycles. The van der Waals surface area contributed by atoms with E-state index in [1.54, 1.807) is 12.1 Å². The number of aliphatic hydroxyl groups excluding tert-OH is 1. The molecule has 12 nitrogen and oxygen atoms in total. The summed E-state index contributed by atoms with van der Waals surface area (Å²) in [5.74, 6) is 0.638. The van der Waals surface area contributed by atoms with E-state index in [-0.39, 0.29) is 54.3 Å². The van der Waals surface area contributed by atoms with E-state index < -0.39 is 12.3 Å². The lowest BCUT2D eigenvalue weighted by molar-refractivity contribution is -0.122. The standard InChI is InChI=1S/C33H48N4O8/c1-41-26-14-20(15-27(42-2)32(26)39)29-21-16-24-25(45-19-44-24)17-22(21)31(23-18-43-33(40)30(23)29)37-28(38)8-3-4-10-35-11-5-6-12-36-13-7-9-34/h14-17,23,29-31,33,35-36,39-40H,3-13,18-19,34H2,1-2H3,(H,37,38)/t23-,29+,30-,31+,33?/m0/s1. The molecule has 1 saturated heterocycles. The Labute approximate surface area is 264 Å². The topological polar surface area (TPSA) is 166 Å². The average Bonchev–Trinajstić information content (AvgIpc) is 3.67. The Kier molecular flexibility index (Phi) is 11.6. The lowest BCUT2D eigenvalue weighted by atomic mass is 9.65. The number of aromatic hydroxyl groups is 1. The van der Waals surface area contributed by atoms with Gasteiger partial charge in [0.25, 0.3) is 0 Å². The van der Waals surface area contributed by atoms with Crippen LogP contribution in [-0.2, 0) is 9.53 Å². The maximum Gasteiger partial charge on any atom is 0.231 e. The first-order chi connectivity index (χ1) is 22.0. The minimum absolute atomic E-state index is 0.0428. The Morgan fingerprint density at radius 2 is 1.51 bits per heavy atom. The molecular formula is C33H48N4O8. The second-order valence-electron chi connectivity index (χ2n) is 11.9. The monoisotopic (exact) mass is 628 g/mol. The molecule has 5 rings (SSSR count). The molecule has 1 aliphatic carbocycles. The minimum atomic E-state index is -1.06. The van der Waals surface area contributed by atoms with Crippen LogP contribution in [0, 0.1) is 11.8 Å². The van der Waals surface area contributed by atoms with Crippen molar-refractivity contribution in [3.05, 3.63) is 41.0 Å². The van der Waals surface area contributed by atoms with Gasteiger partial charge in [-0.3, -0.25) is 4.79 Å². The number of amides is 1. The van der Waals surface area contributed by atoms with E-state index in [0.717, 1.165) is 81.5 Å². The van der Waals surface area contributed by atoms with Crippen LogP contribution in [0.5, 0.6) is 28.7 Å². The second-order valence-corrected chi connectivity index (χ2v) is 11.9. The van der Waals surface area contributed by atoms with Gasteiger partial charge in [-0.1, -0.05) is 0 Å². The van der Waals surface area contributed by atoms with Gasteiger partial charge in [0.2, 0.25) is 18.4 Å². The van der Waals surface area contributed by atoms with E-state index in [9.17, 15) is 15.0 Å². The number of aliphatic hydroxyl groups is 1. The van der Waals surface area contributed by atoms with Crippen LogP contribution in [0.15, 0.2) is 24.3 Å². The van der Waals surface area contributed by atoms with Gasteiger partial charge in [0.1, 0.15) is 0 Å². The fourth-order valence-corrected chi connectivity index (χ4v) is 6.76. The number of methoxy groups -OCH3 is 2. The van der Waals surface area contributed by atoms with Gasteiger partial charge in [-0.2, -0.15) is 0 Å². The van der Waals surface area contributed by atoms with Crippen molar-refractivity contribution in [1.29, 1.82) is 0 Å². The van der Waals surface area contributed by atoms with E-state index >= 15 is 0 Å². The highest BCUT2D eigenvalue weighted by Gasteiger charge is 2.52. The number of phenols is 1. The number of rotatable bonds is 17. The number of nitrogens with two attached hydrogens (primary N) is 1. The van der Waals surface area contributed by atoms with Crippen molar-refractivity contribution in [2.75, 3.05) is 60.3 Å². The Hall–Kier alpha value is -3.29. The predicted octanol–water partition coefficient (Wildman–Crippen LogP) is 2.50. The number of ether oxygens (including phenoxy) is 5. The van der Waals surface area contributed by atoms with E-state index in [4.69, 9.17) is 29.4 Å². The van der Waals surface area contributed by atoms with Crippen molar-refractivity contribution in [1.82, 2.24) is 16.0 Å². The Morgan fingerprint density at radius 1 is 0.911 bits per heavy atom. The van der Waals surface area contributed by atoms with Crippen LogP contribution in [-0.4, -0.2) is 82.8 Å². The predicted molar refractivity (Wildman–Crippen MR) is 168 cm³/mol. The van der Waals surface area contributed by atoms with Crippen molar-refractivity contribution in [2.24, 2.45) is 17.6 Å². The molecule has 248 valence electrons. The summed E-state index contributed by atoms with van der Waals surface area (Å²) in [5.41, 5.74) is 8.06. The maximum atomic E-state index is 13.3. The zero-order valence-electron chi connectivity index (χ0n) is 26.3. The van der Waals surface area contributed by atoms with E-state index in [1.165, 1.54) is 14.2 Å². The van der Waals surface area contributed by atoms with Gasteiger partial charge in [-0.15, -0.1) is 0 Å². The van der Waals surface area contributed by atoms with E-state index in [1.807, 2.05) is 12.1 Å². The fraction of sp³-hybridized carbons (Fsp3) is 0.606. The molecule has 0 spiro atoms. The van der Waals surface area contributed by atoms with Crippen molar-refractivity contribution in [3.63, 3.8) is 0 Å². The average molecular weight is 629 g/mol. The molecule has 2 aromatic carbocycles. The van der Waals surface area contributed by atoms with Gasteiger partial charge >= 0.3 is 0 Å². The maximum absolute atomic E-state index is 13.3. The molecule has 3 aliphatic rings. The molecule has 0 saturated carbocycles. The lowest BCUT2D eigenvalue weighted by Crippen LogP contribution is -2.43. The van der Waals surface area contributed by atoms with Crippen LogP contribution >= 0.6 is 0 Å². The Morgan fingerprint density at radius 3 is 2.13 bits per heavy atom. The number of unbranched alkanes of at least 4 members (excludes halogenated alkanes) is 2. The summed E-state index contributed by atoms with van der Waals surface area (Å²) in [6, 6.07) is 6.98. The van der Waals surface area contributed by atoms with Crippen molar-refractivity contribution in [3.8, 4) is 28.7 Å². The number of benzene rings is 2. The number of carbonyl (C=O) groups is 1. The zero-order valence-corrected chi connectivity index (χ0v) is 26.3. The quantitative estimate of drug-likeness (QED) is 0.143. The van der Waals surface area contributed by atoms with Gasteiger partial charge in [0.05, 0.1) is 26.9 Å². The fourth-order valence-electron chi connectivity index (χ4n) is 6.76. The van der Waals surface area contributed by atoms with Gasteiger partial charge < -0.3 is 55.6 Å². The number of phenolic OH excluding ortho intramolecular Hbond substituents is 1. The first-order valence-electron chi connectivity index (χ1n) is 16.1. The number of hydrogen-bond acceptors (Lipinski definition) is 11. The van der Waals surface area contributed by atoms with Crippen LogP contribution in [0.2, 0.25) is 0 Å². The molecule has 1 amide bonds. The zero-order chi connectivity index (χ0) is 31.8. The molecule has 5 atom stereocenters. The number of carbonyl (C=O) groups excluding carboxylic acids is 1. The second kappa shape index (κ2) is 15.8. The van der Waals surface area contributed by atoms with Gasteiger partial charge in [-0.25, -0.2) is 0 Å². The van der Waals surface area contributed by atoms with Crippen LogP contribution in [0.4, 0.5) is 0 Å². The van der Waals surface area contributed by atoms with E-state index in [2.05, 4.69) is 16.0 Å². The Balaban J connectivity index is 1.26. The summed E-state index contributed by atoms with van der Waals surface area (Å²) < 4.78 is 28.2. The molecular weight excluding hydrogens is 580 g/mol. The van der Waals surface area contributed by atoms with Crippen LogP contribution in [0.25, 0.3) is 0 Å². The summed E-state index contributed by atoms with van der Waals surface area (Å²) in [5, 5.41) is 31.9. The smallest absolute Gasteiger partial charge is 0.231 e. The van der Waals surface area contributed by atoms with Crippen LogP contribution in [0.1, 0.15) is 67.2 Å². The number of hydrogen-bond donors (Lipinski definition) is 6. The van der Waals surface area contributed by atoms with Gasteiger partial charge in [-0.05, 0) is 106 Å². The van der Waals surface area contributed by atoms with E-state index in [0.29, 0.717) is 17.9 Å². The highest BCUT2D eigenvalue weighted by atomic mass is 16.7. The first kappa shape index (κ1) is 33.1. The van der Waals surface area contributed by atoms with Crippen molar-refractivity contribution in [2.45, 2.75) is 56.8 Å². The third-order valence-electron chi connectivity index (χ3n) is 9.04. The first-order valence-corrected chi connectivity index (χ1v) is 16.1. The van der Waals surface area contributed by atoms with Crippen LogP contribution in [0.3, 0.4) is 0 Å². The normalized spacial score (nSPS) is 23.0. The largest absolute Gasteiger partial charge is 0.502 e. The molecule has 2 aliphatic heterocycles. The minimum Gasteiger partial charge on any atom is -0.502 e. The van der Waals surface area contributed by atoms with Crippen LogP contribution < -0.4 is 40.6 Å². The summed E-state index contributed by atoms with van der Waals surface area (Å²) >= 11 is 0. The molecule has 1 unspecified atom stereocenters. The molecule has 1 fully saturated rings. The lowest BCUT2D eigenvalue weighted by Gasteiger charge is -2.41. The molecule has 12 heteroatoms. The van der Waals surface area contributed by atoms with Gasteiger partial charge in [0.15, 0.2) is 29.3 Å². The molecule has 0 aromatic heterocycles. The van der Waals surface area contributed by atoms with Crippen molar-refractivity contribution < 1.29 is 38.7 Å². The van der Waals surface area contributed by atoms with Crippen molar-refractivity contribution >= 4 is 5.91 Å². The number of nitrogens with one attached hydrogen (secondary N) is 3. The summed E-state index contributed by atoms with van der Waals surface area (Å²) in [7, 11) is 2.96. The molecule has 2 aromatic rings. The molecule has 0 radical (unpaired) electrons. The third kappa shape index (κ3) is 7.58. The third-order valence-corrected chi connectivity index (χ3v) is 9.04. The molecule has 45 heavy (non-hydrogen) atoms. The molecule has 7 N–H and O–H groups in total. The summed E-state index contributed by atoms with van der Waals surface area (Å²) in [6.07, 6.45) is 4.25. The molecule has 0 bridgehead atoms.